The normalized spacial score (nSPS) is 26.4. The average Bonchev–Trinajstić information content (AvgIpc) is 2.47. The van der Waals surface area contributed by atoms with Crippen LogP contribution >= 0.6 is 12.4 Å². The summed E-state index contributed by atoms with van der Waals surface area (Å²) in [4.78, 5) is 2.17. The quantitative estimate of drug-likeness (QED) is 0.895. The van der Waals surface area contributed by atoms with Gasteiger partial charge in [-0.1, -0.05) is 31.9 Å². The molecule has 0 heterocycles. The maximum Gasteiger partial charge on any atom is 0.118 e. The minimum absolute atomic E-state index is 0. The molecule has 2 rings (SSSR count). The summed E-state index contributed by atoms with van der Waals surface area (Å²) in [6.07, 6.45) is 4.30. The highest BCUT2D eigenvalue weighted by molar-refractivity contribution is 5.85. The molecule has 3 unspecified atom stereocenters. The van der Waals surface area contributed by atoms with Crippen LogP contribution < -0.4 is 4.74 Å². The van der Waals surface area contributed by atoms with Crippen LogP contribution in [-0.2, 0) is 0 Å². The minimum atomic E-state index is -0.600. The molecule has 0 amide bonds. The van der Waals surface area contributed by atoms with Crippen molar-refractivity contribution in [2.45, 2.75) is 44.1 Å². The second-order valence-electron chi connectivity index (χ2n) is 6.73. The fourth-order valence-corrected chi connectivity index (χ4v) is 3.77. The van der Waals surface area contributed by atoms with Crippen LogP contribution in [0.4, 0.5) is 0 Å². The van der Waals surface area contributed by atoms with Crippen molar-refractivity contribution >= 4 is 12.4 Å². The fourth-order valence-electron chi connectivity index (χ4n) is 3.77. The minimum Gasteiger partial charge on any atom is -0.497 e. The first-order valence-corrected chi connectivity index (χ1v) is 7.98. The topological polar surface area (TPSA) is 32.7 Å². The molecule has 22 heavy (non-hydrogen) atoms. The van der Waals surface area contributed by atoms with Crippen molar-refractivity contribution in [1.82, 2.24) is 4.90 Å². The predicted octanol–water partition coefficient (Wildman–Crippen LogP) is 3.70. The number of aliphatic hydroxyl groups is 1. The van der Waals surface area contributed by atoms with E-state index in [9.17, 15) is 5.11 Å². The van der Waals surface area contributed by atoms with E-state index >= 15 is 0 Å². The lowest BCUT2D eigenvalue weighted by Gasteiger charge is -2.45. The van der Waals surface area contributed by atoms with E-state index in [1.54, 1.807) is 7.11 Å². The van der Waals surface area contributed by atoms with Crippen molar-refractivity contribution in [2.24, 2.45) is 5.92 Å². The molecule has 3 atom stereocenters. The number of nitrogens with zero attached hydrogens (tertiary/aromatic N) is 1. The zero-order valence-electron chi connectivity index (χ0n) is 14.2. The van der Waals surface area contributed by atoms with Crippen molar-refractivity contribution in [3.05, 3.63) is 29.8 Å². The van der Waals surface area contributed by atoms with Gasteiger partial charge < -0.3 is 14.7 Å². The van der Waals surface area contributed by atoms with Gasteiger partial charge in [-0.2, -0.15) is 0 Å². The molecule has 4 heteroatoms. The van der Waals surface area contributed by atoms with Gasteiger partial charge in [0, 0.05) is 12.5 Å². The summed E-state index contributed by atoms with van der Waals surface area (Å²) in [5, 5.41) is 11.4. The molecule has 1 aliphatic rings. The molecule has 0 aromatic heterocycles. The molecule has 1 saturated carbocycles. The summed E-state index contributed by atoms with van der Waals surface area (Å²) < 4.78 is 5.24. The Kier molecular flexibility index (Phi) is 7.17. The number of rotatable bonds is 5. The highest BCUT2D eigenvalue weighted by Crippen LogP contribution is 2.45. The van der Waals surface area contributed by atoms with E-state index in [-0.39, 0.29) is 24.2 Å². The number of benzene rings is 1. The van der Waals surface area contributed by atoms with E-state index in [2.05, 4.69) is 38.1 Å². The van der Waals surface area contributed by atoms with E-state index < -0.39 is 5.60 Å². The molecule has 126 valence electrons. The monoisotopic (exact) mass is 327 g/mol. The van der Waals surface area contributed by atoms with Crippen molar-refractivity contribution in [1.29, 1.82) is 0 Å². The second kappa shape index (κ2) is 8.19. The smallest absolute Gasteiger partial charge is 0.118 e. The number of ether oxygens (including phenoxy) is 1. The van der Waals surface area contributed by atoms with Crippen LogP contribution in [0.2, 0.25) is 0 Å². The highest BCUT2D eigenvalue weighted by atomic mass is 35.5. The van der Waals surface area contributed by atoms with Crippen LogP contribution in [0.3, 0.4) is 0 Å². The van der Waals surface area contributed by atoms with Crippen molar-refractivity contribution in [2.75, 3.05) is 27.7 Å². The Hall–Kier alpha value is -0.770. The molecule has 1 aromatic rings. The largest absolute Gasteiger partial charge is 0.497 e. The Morgan fingerprint density at radius 3 is 2.45 bits per heavy atom. The van der Waals surface area contributed by atoms with Gasteiger partial charge in [0.1, 0.15) is 5.75 Å². The zero-order valence-corrected chi connectivity index (χ0v) is 15.0. The molecular weight excluding hydrogens is 298 g/mol. The summed E-state index contributed by atoms with van der Waals surface area (Å²) in [5.41, 5.74) is 0.639. The number of hydrogen-bond donors (Lipinski definition) is 1. The van der Waals surface area contributed by atoms with Gasteiger partial charge in [0.2, 0.25) is 0 Å². The van der Waals surface area contributed by atoms with E-state index in [0.717, 1.165) is 31.6 Å². The lowest BCUT2D eigenvalue weighted by atomic mass is 9.66. The number of halogens is 1. The maximum atomic E-state index is 11.4. The van der Waals surface area contributed by atoms with Gasteiger partial charge in [0.05, 0.1) is 12.7 Å². The summed E-state index contributed by atoms with van der Waals surface area (Å²) in [7, 11) is 5.83. The standard InChI is InChI=1S/C18H29NO2.ClH/c1-14(13-19(2)3)18(20)12-6-5-7-17(18)15-8-10-16(21-4)11-9-15;/h8-11,14,17,20H,5-7,12-13H2,1-4H3;1H. The summed E-state index contributed by atoms with van der Waals surface area (Å²) in [6.45, 7) is 3.10. The van der Waals surface area contributed by atoms with Gasteiger partial charge in [0.25, 0.3) is 0 Å². The molecule has 1 aliphatic carbocycles. The van der Waals surface area contributed by atoms with Crippen molar-refractivity contribution in [3.63, 3.8) is 0 Å². The number of hydrogen-bond acceptors (Lipinski definition) is 3. The summed E-state index contributed by atoms with van der Waals surface area (Å²) >= 11 is 0. The molecular formula is C18H30ClNO2. The molecule has 0 aliphatic heterocycles. The Bertz CT molecular complexity index is 449. The Morgan fingerprint density at radius 2 is 1.91 bits per heavy atom. The molecule has 0 bridgehead atoms. The molecule has 0 spiro atoms. The van der Waals surface area contributed by atoms with E-state index in [0.29, 0.717) is 0 Å². The fraction of sp³-hybridized carbons (Fsp3) is 0.667. The maximum absolute atomic E-state index is 11.4. The predicted molar refractivity (Wildman–Crippen MR) is 94.1 cm³/mol. The van der Waals surface area contributed by atoms with E-state index in [1.165, 1.54) is 12.0 Å². The zero-order chi connectivity index (χ0) is 15.5. The lowest BCUT2D eigenvalue weighted by molar-refractivity contribution is -0.0677. The Balaban J connectivity index is 0.00000242. The van der Waals surface area contributed by atoms with Crippen LogP contribution in [0.15, 0.2) is 24.3 Å². The lowest BCUT2D eigenvalue weighted by Crippen LogP contribution is -2.48. The first-order chi connectivity index (χ1) is 9.97. The molecule has 0 radical (unpaired) electrons. The van der Waals surface area contributed by atoms with Gasteiger partial charge in [-0.3, -0.25) is 0 Å². The third kappa shape index (κ3) is 4.15. The van der Waals surface area contributed by atoms with E-state index in [4.69, 9.17) is 4.74 Å². The Labute approximate surface area is 141 Å². The molecule has 1 aromatic carbocycles. The molecule has 0 saturated heterocycles. The summed E-state index contributed by atoms with van der Waals surface area (Å²) in [5.74, 6) is 1.37. The highest BCUT2D eigenvalue weighted by Gasteiger charge is 2.43. The van der Waals surface area contributed by atoms with Gasteiger partial charge in [0.15, 0.2) is 0 Å². The van der Waals surface area contributed by atoms with E-state index in [1.807, 2.05) is 12.1 Å². The molecule has 1 fully saturated rings. The van der Waals surface area contributed by atoms with Crippen molar-refractivity contribution in [3.8, 4) is 5.75 Å². The van der Waals surface area contributed by atoms with Gasteiger partial charge in [-0.05, 0) is 50.6 Å². The third-order valence-corrected chi connectivity index (χ3v) is 4.93. The summed E-state index contributed by atoms with van der Waals surface area (Å²) in [6, 6.07) is 8.23. The van der Waals surface area contributed by atoms with Crippen molar-refractivity contribution < 1.29 is 9.84 Å². The molecule has 1 N–H and O–H groups in total. The third-order valence-electron chi connectivity index (χ3n) is 4.93. The molecule has 3 nitrogen and oxygen atoms in total. The van der Waals surface area contributed by atoms with Gasteiger partial charge >= 0.3 is 0 Å². The van der Waals surface area contributed by atoms with Crippen LogP contribution in [-0.4, -0.2) is 43.4 Å². The van der Waals surface area contributed by atoms with Crippen LogP contribution in [0.1, 0.15) is 44.1 Å². The first-order valence-electron chi connectivity index (χ1n) is 7.98. The Morgan fingerprint density at radius 1 is 1.27 bits per heavy atom. The van der Waals surface area contributed by atoms with Gasteiger partial charge in [-0.25, -0.2) is 0 Å². The van der Waals surface area contributed by atoms with Crippen LogP contribution in [0.5, 0.6) is 5.75 Å². The van der Waals surface area contributed by atoms with Crippen LogP contribution in [0, 0.1) is 5.92 Å². The number of methoxy groups -OCH3 is 1. The average molecular weight is 328 g/mol. The van der Waals surface area contributed by atoms with Crippen LogP contribution in [0.25, 0.3) is 0 Å². The first kappa shape index (κ1) is 19.3. The van der Waals surface area contributed by atoms with Gasteiger partial charge in [-0.15, -0.1) is 12.4 Å². The SMILES string of the molecule is COc1ccc(C2CCCCC2(O)C(C)CN(C)C)cc1.Cl. The second-order valence-corrected chi connectivity index (χ2v) is 6.73.